The topological polar surface area (TPSA) is 41.4 Å². The second kappa shape index (κ2) is 5.99. The lowest BCUT2D eigenvalue weighted by atomic mass is 10.0. The monoisotopic (exact) mass is 304 g/mol. The van der Waals surface area contributed by atoms with Gasteiger partial charge in [0.25, 0.3) is 0 Å². The number of aryl methyl sites for hydroxylation is 1. The van der Waals surface area contributed by atoms with E-state index in [1.807, 2.05) is 31.3 Å². The lowest BCUT2D eigenvalue weighted by molar-refractivity contribution is -0.125. The molecule has 0 saturated carbocycles. The number of amides is 1. The van der Waals surface area contributed by atoms with Gasteiger partial charge in [0.2, 0.25) is 5.91 Å². The van der Waals surface area contributed by atoms with E-state index >= 15 is 0 Å². The molecular weight excluding hydrogens is 284 g/mol. The number of aromatic nitrogens is 2. The second-order valence-electron chi connectivity index (χ2n) is 5.54. The molecule has 112 valence electrons. The van der Waals surface area contributed by atoms with E-state index in [1.54, 1.807) is 16.0 Å². The summed E-state index contributed by atoms with van der Waals surface area (Å²) in [6.45, 7) is 1.58. The molecule has 1 saturated heterocycles. The van der Waals surface area contributed by atoms with Crippen LogP contribution in [0.3, 0.4) is 0 Å². The van der Waals surface area contributed by atoms with Gasteiger partial charge < -0.3 is 0 Å². The van der Waals surface area contributed by atoms with Crippen molar-refractivity contribution in [3.05, 3.63) is 34.7 Å². The summed E-state index contributed by atoms with van der Waals surface area (Å²) < 4.78 is 1.74. The van der Waals surface area contributed by atoms with Gasteiger partial charge in [-0.15, -0.1) is 0 Å². The Labute approximate surface area is 128 Å². The molecule has 6 heteroatoms. The minimum Gasteiger partial charge on any atom is -0.294 e. The maximum Gasteiger partial charge on any atom is 0.245 e. The predicted octanol–water partition coefficient (Wildman–Crippen LogP) is 2.11. The molecule has 1 unspecified atom stereocenters. The Kier molecular flexibility index (Phi) is 4.07. The Bertz CT molecular complexity index is 607. The van der Waals surface area contributed by atoms with Gasteiger partial charge in [0, 0.05) is 32.4 Å². The molecule has 0 bridgehead atoms. The van der Waals surface area contributed by atoms with E-state index in [4.69, 9.17) is 0 Å². The van der Waals surface area contributed by atoms with Crippen LogP contribution in [-0.2, 0) is 18.4 Å². The first-order chi connectivity index (χ1) is 10.1. The van der Waals surface area contributed by atoms with Crippen molar-refractivity contribution in [1.82, 2.24) is 14.7 Å². The average molecular weight is 304 g/mol. The lowest BCUT2D eigenvalue weighted by Gasteiger charge is -2.35. The zero-order valence-corrected chi connectivity index (χ0v) is 13.2. The Morgan fingerprint density at radius 1 is 1.48 bits per heavy atom. The predicted molar refractivity (Wildman–Crippen MR) is 84.4 cm³/mol. The number of hydrogen-bond donors (Lipinski definition) is 0. The summed E-state index contributed by atoms with van der Waals surface area (Å²) in [7, 11) is 3.90. The quantitative estimate of drug-likeness (QED) is 0.869. The van der Waals surface area contributed by atoms with Gasteiger partial charge in [-0.3, -0.25) is 19.3 Å². The highest BCUT2D eigenvalue weighted by atomic mass is 32.1. The summed E-state index contributed by atoms with van der Waals surface area (Å²) in [6.07, 6.45) is 3.81. The van der Waals surface area contributed by atoms with Crippen molar-refractivity contribution in [3.8, 4) is 0 Å². The van der Waals surface area contributed by atoms with Crippen molar-refractivity contribution in [2.75, 3.05) is 18.5 Å². The Morgan fingerprint density at radius 3 is 3.00 bits per heavy atom. The first-order valence-corrected chi connectivity index (χ1v) is 8.12. The molecule has 2 aromatic rings. The fourth-order valence-corrected chi connectivity index (χ4v) is 3.48. The first-order valence-electron chi connectivity index (χ1n) is 7.17. The van der Waals surface area contributed by atoms with Crippen molar-refractivity contribution >= 4 is 23.1 Å². The molecule has 1 aliphatic rings. The van der Waals surface area contributed by atoms with Crippen molar-refractivity contribution in [1.29, 1.82) is 0 Å². The van der Waals surface area contributed by atoms with E-state index in [9.17, 15) is 4.79 Å². The average Bonchev–Trinajstić information content (AvgIpc) is 3.10. The van der Waals surface area contributed by atoms with Crippen LogP contribution in [0.25, 0.3) is 0 Å². The fraction of sp³-hybridized carbons (Fsp3) is 0.467. The summed E-state index contributed by atoms with van der Waals surface area (Å²) >= 11 is 1.69. The number of carbonyl (C=O) groups is 1. The third kappa shape index (κ3) is 3.01. The van der Waals surface area contributed by atoms with E-state index in [2.05, 4.69) is 26.8 Å². The summed E-state index contributed by atoms with van der Waals surface area (Å²) in [4.78, 5) is 16.7. The summed E-state index contributed by atoms with van der Waals surface area (Å²) in [5.74, 6) is 0.925. The number of hydrogen-bond acceptors (Lipinski definition) is 4. The molecule has 0 N–H and O–H groups in total. The molecule has 0 spiro atoms. The van der Waals surface area contributed by atoms with Crippen LogP contribution in [0.2, 0.25) is 0 Å². The molecule has 21 heavy (non-hydrogen) atoms. The van der Waals surface area contributed by atoms with Gasteiger partial charge in [0.1, 0.15) is 0 Å². The number of thiophene rings is 1. The molecule has 1 atom stereocenters. The molecule has 5 nitrogen and oxygen atoms in total. The van der Waals surface area contributed by atoms with Crippen LogP contribution in [0, 0.1) is 0 Å². The number of nitrogens with zero attached hydrogens (tertiary/aromatic N) is 4. The number of anilines is 1. The molecule has 0 aliphatic carbocycles. The van der Waals surface area contributed by atoms with Crippen LogP contribution in [0.4, 0.5) is 5.82 Å². The molecule has 0 radical (unpaired) electrons. The van der Waals surface area contributed by atoms with Crippen molar-refractivity contribution in [2.24, 2.45) is 7.05 Å². The van der Waals surface area contributed by atoms with E-state index in [0.717, 1.165) is 31.7 Å². The van der Waals surface area contributed by atoms with Gasteiger partial charge in [0.15, 0.2) is 5.82 Å². The summed E-state index contributed by atoms with van der Waals surface area (Å²) in [6, 6.07) is 3.96. The molecule has 3 heterocycles. The van der Waals surface area contributed by atoms with Gasteiger partial charge in [-0.2, -0.15) is 16.4 Å². The highest BCUT2D eigenvalue weighted by Crippen LogP contribution is 2.23. The van der Waals surface area contributed by atoms with E-state index in [0.29, 0.717) is 0 Å². The number of carbonyl (C=O) groups excluding carboxylic acids is 1. The normalized spacial score (nSPS) is 19.5. The van der Waals surface area contributed by atoms with E-state index in [-0.39, 0.29) is 11.9 Å². The van der Waals surface area contributed by atoms with E-state index < -0.39 is 0 Å². The molecular formula is C15H20N4OS. The van der Waals surface area contributed by atoms with Gasteiger partial charge in [0.05, 0.1) is 6.04 Å². The SMILES string of the molecule is CN(Cc1ccsc1)C1CCCN(c2ccn(C)n2)C1=O. The highest BCUT2D eigenvalue weighted by molar-refractivity contribution is 7.07. The largest absolute Gasteiger partial charge is 0.294 e. The number of piperidine rings is 1. The lowest BCUT2D eigenvalue weighted by Crippen LogP contribution is -2.51. The first kappa shape index (κ1) is 14.3. The fourth-order valence-electron chi connectivity index (χ4n) is 2.82. The van der Waals surface area contributed by atoms with Crippen LogP contribution in [0.1, 0.15) is 18.4 Å². The van der Waals surface area contributed by atoms with E-state index in [1.165, 1.54) is 5.56 Å². The van der Waals surface area contributed by atoms with Gasteiger partial charge in [-0.1, -0.05) is 0 Å². The van der Waals surface area contributed by atoms with Crippen molar-refractivity contribution in [2.45, 2.75) is 25.4 Å². The van der Waals surface area contributed by atoms with Gasteiger partial charge >= 0.3 is 0 Å². The summed E-state index contributed by atoms with van der Waals surface area (Å²) in [5.41, 5.74) is 1.27. The molecule has 0 aromatic carbocycles. The van der Waals surface area contributed by atoms with Crippen molar-refractivity contribution < 1.29 is 4.79 Å². The third-order valence-electron chi connectivity index (χ3n) is 3.93. The molecule has 3 rings (SSSR count). The van der Waals surface area contributed by atoms with Gasteiger partial charge in [-0.05, 0) is 42.3 Å². The molecule has 1 fully saturated rings. The van der Waals surface area contributed by atoms with Crippen LogP contribution in [0.5, 0.6) is 0 Å². The zero-order chi connectivity index (χ0) is 14.8. The zero-order valence-electron chi connectivity index (χ0n) is 12.4. The minimum atomic E-state index is -0.0549. The minimum absolute atomic E-state index is 0.0549. The van der Waals surface area contributed by atoms with Crippen molar-refractivity contribution in [3.63, 3.8) is 0 Å². The molecule has 1 amide bonds. The maximum absolute atomic E-state index is 12.7. The Balaban J connectivity index is 1.72. The third-order valence-corrected chi connectivity index (χ3v) is 4.66. The standard InChI is InChI=1S/C15H20N4OS/c1-17(10-12-6-9-21-11-12)13-4-3-7-19(15(13)20)14-5-8-18(2)16-14/h5-6,8-9,11,13H,3-4,7,10H2,1-2H3. The number of likely N-dealkylation sites (N-methyl/N-ethyl adjacent to an activating group) is 1. The number of rotatable bonds is 4. The van der Waals surface area contributed by atoms with Gasteiger partial charge in [-0.25, -0.2) is 0 Å². The molecule has 1 aliphatic heterocycles. The smallest absolute Gasteiger partial charge is 0.245 e. The van der Waals surface area contributed by atoms with Crippen LogP contribution in [0.15, 0.2) is 29.1 Å². The summed E-state index contributed by atoms with van der Waals surface area (Å²) in [5, 5.41) is 8.57. The Hall–Kier alpha value is -1.66. The van der Waals surface area contributed by atoms with Crippen LogP contribution < -0.4 is 4.90 Å². The molecule has 2 aromatic heterocycles. The van der Waals surface area contributed by atoms with Crippen LogP contribution in [-0.4, -0.2) is 40.2 Å². The van der Waals surface area contributed by atoms with Crippen LogP contribution >= 0.6 is 11.3 Å². The Morgan fingerprint density at radius 2 is 2.33 bits per heavy atom. The highest BCUT2D eigenvalue weighted by Gasteiger charge is 2.33. The second-order valence-corrected chi connectivity index (χ2v) is 6.32. The maximum atomic E-state index is 12.7.